The second-order valence-corrected chi connectivity index (χ2v) is 7.76. The molecule has 1 N–H and O–H groups in total. The second kappa shape index (κ2) is 8.30. The van der Waals surface area contributed by atoms with Gasteiger partial charge in [-0.15, -0.1) is 0 Å². The summed E-state index contributed by atoms with van der Waals surface area (Å²) in [7, 11) is 0. The third kappa shape index (κ3) is 4.95. The zero-order valence-electron chi connectivity index (χ0n) is 14.6. The summed E-state index contributed by atoms with van der Waals surface area (Å²) in [6.45, 7) is 10.3. The van der Waals surface area contributed by atoms with Crippen LogP contribution >= 0.6 is 0 Å². The van der Waals surface area contributed by atoms with E-state index < -0.39 is 0 Å². The molecule has 2 saturated heterocycles. The van der Waals surface area contributed by atoms with Crippen molar-refractivity contribution in [3.63, 3.8) is 0 Å². The number of likely N-dealkylation sites (tertiary alicyclic amines) is 2. The van der Waals surface area contributed by atoms with Gasteiger partial charge in [-0.2, -0.15) is 0 Å². The maximum Gasteiger partial charge on any atom is 0.227 e. The summed E-state index contributed by atoms with van der Waals surface area (Å²) in [4.78, 5) is 17.5. The predicted molar refractivity (Wildman–Crippen MR) is 89.7 cm³/mol. The minimum absolute atomic E-state index is 0.174. The molecule has 128 valence electrons. The average molecular weight is 310 g/mol. The molecule has 2 heterocycles. The van der Waals surface area contributed by atoms with Gasteiger partial charge in [-0.1, -0.05) is 26.7 Å². The molecule has 22 heavy (non-hydrogen) atoms. The van der Waals surface area contributed by atoms with Crippen molar-refractivity contribution in [3.8, 4) is 0 Å². The molecule has 2 fully saturated rings. The highest BCUT2D eigenvalue weighted by atomic mass is 16.3. The van der Waals surface area contributed by atoms with E-state index in [9.17, 15) is 9.90 Å². The molecular weight excluding hydrogens is 276 g/mol. The summed E-state index contributed by atoms with van der Waals surface area (Å²) in [6.07, 6.45) is 5.98. The largest absolute Gasteiger partial charge is 0.393 e. The van der Waals surface area contributed by atoms with Crippen LogP contribution in [0.3, 0.4) is 0 Å². The van der Waals surface area contributed by atoms with Gasteiger partial charge < -0.3 is 14.9 Å². The lowest BCUT2D eigenvalue weighted by Gasteiger charge is -2.33. The number of hydrogen-bond donors (Lipinski definition) is 1. The Kier molecular flexibility index (Phi) is 6.69. The van der Waals surface area contributed by atoms with E-state index in [2.05, 4.69) is 23.6 Å². The summed E-state index contributed by atoms with van der Waals surface area (Å²) in [5.41, 5.74) is 0. The fourth-order valence-corrected chi connectivity index (χ4v) is 4.06. The molecule has 0 radical (unpaired) electrons. The van der Waals surface area contributed by atoms with E-state index in [1.807, 2.05) is 6.92 Å². The number of hydrogen-bond acceptors (Lipinski definition) is 3. The van der Waals surface area contributed by atoms with Crippen LogP contribution in [-0.4, -0.2) is 59.1 Å². The molecular formula is C18H34N2O2. The first-order chi connectivity index (χ1) is 10.5. The van der Waals surface area contributed by atoms with Crippen molar-refractivity contribution >= 4 is 5.91 Å². The average Bonchev–Trinajstić information content (AvgIpc) is 2.76. The van der Waals surface area contributed by atoms with Gasteiger partial charge in [-0.25, -0.2) is 0 Å². The number of aliphatic hydroxyl groups excluding tert-OH is 1. The van der Waals surface area contributed by atoms with E-state index in [1.54, 1.807) is 0 Å². The Bertz CT molecular complexity index is 357. The van der Waals surface area contributed by atoms with Gasteiger partial charge in [0.25, 0.3) is 0 Å². The van der Waals surface area contributed by atoms with Crippen LogP contribution < -0.4 is 0 Å². The van der Waals surface area contributed by atoms with Crippen LogP contribution in [0.15, 0.2) is 0 Å². The van der Waals surface area contributed by atoms with Crippen molar-refractivity contribution in [3.05, 3.63) is 0 Å². The maximum atomic E-state index is 13.0. The molecule has 4 heteroatoms. The number of aliphatic hydroxyl groups is 1. The van der Waals surface area contributed by atoms with Crippen LogP contribution in [0, 0.1) is 11.8 Å². The molecule has 3 atom stereocenters. The highest BCUT2D eigenvalue weighted by molar-refractivity contribution is 5.79. The number of nitrogens with zero attached hydrogens (tertiary/aromatic N) is 2. The zero-order valence-corrected chi connectivity index (χ0v) is 14.6. The number of rotatable bonds is 5. The lowest BCUT2D eigenvalue weighted by atomic mass is 10.0. The van der Waals surface area contributed by atoms with E-state index in [1.165, 1.54) is 12.8 Å². The fraction of sp³-hybridized carbons (Fsp3) is 0.944. The summed E-state index contributed by atoms with van der Waals surface area (Å²) in [5.74, 6) is 1.18. The van der Waals surface area contributed by atoms with E-state index in [4.69, 9.17) is 0 Å². The van der Waals surface area contributed by atoms with Crippen molar-refractivity contribution in [1.82, 2.24) is 9.80 Å². The van der Waals surface area contributed by atoms with E-state index in [0.717, 1.165) is 51.9 Å². The van der Waals surface area contributed by atoms with E-state index in [0.29, 0.717) is 11.8 Å². The maximum absolute atomic E-state index is 13.0. The molecule has 0 saturated carbocycles. The minimum Gasteiger partial charge on any atom is -0.393 e. The smallest absolute Gasteiger partial charge is 0.227 e. The highest BCUT2D eigenvalue weighted by Gasteiger charge is 2.35. The lowest BCUT2D eigenvalue weighted by molar-refractivity contribution is -0.138. The van der Waals surface area contributed by atoms with Gasteiger partial charge in [0.05, 0.1) is 12.0 Å². The molecule has 0 aromatic carbocycles. The van der Waals surface area contributed by atoms with Crippen molar-refractivity contribution in [2.45, 2.75) is 71.4 Å². The first-order valence-electron chi connectivity index (χ1n) is 9.18. The van der Waals surface area contributed by atoms with Gasteiger partial charge in [0, 0.05) is 25.7 Å². The van der Waals surface area contributed by atoms with Gasteiger partial charge in [0.1, 0.15) is 0 Å². The van der Waals surface area contributed by atoms with Crippen molar-refractivity contribution in [1.29, 1.82) is 0 Å². The zero-order chi connectivity index (χ0) is 16.1. The molecule has 0 aromatic rings. The number of carbonyl (C=O) groups is 1. The third-order valence-electron chi connectivity index (χ3n) is 5.02. The van der Waals surface area contributed by atoms with Crippen molar-refractivity contribution in [2.75, 3.05) is 26.2 Å². The van der Waals surface area contributed by atoms with Crippen LogP contribution in [-0.2, 0) is 4.79 Å². The predicted octanol–water partition coefficient (Wildman–Crippen LogP) is 2.51. The number of carbonyl (C=O) groups excluding carboxylic acids is 1. The Morgan fingerprint density at radius 3 is 2.59 bits per heavy atom. The Hall–Kier alpha value is -0.610. The van der Waals surface area contributed by atoms with Crippen LogP contribution in [0.5, 0.6) is 0 Å². The fourth-order valence-electron chi connectivity index (χ4n) is 4.06. The molecule has 2 rings (SSSR count). The first-order valence-corrected chi connectivity index (χ1v) is 9.18. The Labute approximate surface area is 135 Å². The molecule has 1 amide bonds. The van der Waals surface area contributed by atoms with E-state index >= 15 is 0 Å². The summed E-state index contributed by atoms with van der Waals surface area (Å²) in [6, 6.07) is 0.245. The Morgan fingerprint density at radius 2 is 1.91 bits per heavy atom. The van der Waals surface area contributed by atoms with Gasteiger partial charge in [0.15, 0.2) is 0 Å². The monoisotopic (exact) mass is 310 g/mol. The normalized spacial score (nSPS) is 28.9. The molecule has 0 spiro atoms. The van der Waals surface area contributed by atoms with Crippen LogP contribution in [0.1, 0.15) is 59.3 Å². The van der Waals surface area contributed by atoms with Crippen molar-refractivity contribution in [2.24, 2.45) is 11.8 Å². The Morgan fingerprint density at radius 1 is 1.14 bits per heavy atom. The molecule has 2 aliphatic heterocycles. The molecule has 0 aromatic heterocycles. The van der Waals surface area contributed by atoms with Gasteiger partial charge in [-0.05, 0) is 45.1 Å². The van der Waals surface area contributed by atoms with Crippen molar-refractivity contribution < 1.29 is 9.90 Å². The number of amides is 1. The molecule has 0 aliphatic carbocycles. The summed E-state index contributed by atoms with van der Waals surface area (Å²) < 4.78 is 0. The molecule has 0 bridgehead atoms. The quantitative estimate of drug-likeness (QED) is 0.848. The van der Waals surface area contributed by atoms with Gasteiger partial charge in [-0.3, -0.25) is 4.79 Å². The van der Waals surface area contributed by atoms with Gasteiger partial charge in [0.2, 0.25) is 5.91 Å². The Balaban J connectivity index is 1.96. The topological polar surface area (TPSA) is 43.8 Å². The second-order valence-electron chi connectivity index (χ2n) is 7.76. The third-order valence-corrected chi connectivity index (χ3v) is 5.02. The van der Waals surface area contributed by atoms with Crippen LogP contribution in [0.4, 0.5) is 0 Å². The molecule has 0 unspecified atom stereocenters. The minimum atomic E-state index is -0.320. The summed E-state index contributed by atoms with van der Waals surface area (Å²) in [5, 5.41) is 9.76. The van der Waals surface area contributed by atoms with Gasteiger partial charge >= 0.3 is 0 Å². The van der Waals surface area contributed by atoms with Crippen LogP contribution in [0.25, 0.3) is 0 Å². The van der Waals surface area contributed by atoms with Crippen LogP contribution in [0.2, 0.25) is 0 Å². The first kappa shape index (κ1) is 17.7. The molecule has 2 aliphatic rings. The lowest BCUT2D eigenvalue weighted by Crippen LogP contribution is -2.45. The SMILES string of the molecule is CC(C)CN1CC[C@H](C(=O)N2CCCCC[C@H]2C[C@H](C)O)C1. The summed E-state index contributed by atoms with van der Waals surface area (Å²) >= 11 is 0. The highest BCUT2D eigenvalue weighted by Crippen LogP contribution is 2.26. The standard InChI is InChI=1S/C18H34N2O2/c1-14(2)12-19-10-8-16(13-19)18(22)20-9-6-4-5-7-17(20)11-15(3)21/h14-17,21H,4-13H2,1-3H3/t15-,16-,17-/m0/s1. The van der Waals surface area contributed by atoms with E-state index in [-0.39, 0.29) is 18.1 Å². The molecule has 4 nitrogen and oxygen atoms in total.